The molecule has 0 bridgehead atoms. The first-order chi connectivity index (χ1) is 12.7. The van der Waals surface area contributed by atoms with E-state index in [0.717, 1.165) is 46.5 Å². The van der Waals surface area contributed by atoms with Gasteiger partial charge < -0.3 is 15.8 Å². The monoisotopic (exact) mass is 344 g/mol. The number of para-hydroxylation sites is 2. The number of methoxy groups -OCH3 is 1. The number of rotatable bonds is 3. The van der Waals surface area contributed by atoms with Crippen molar-refractivity contribution in [1.29, 1.82) is 0 Å². The Morgan fingerprint density at radius 1 is 0.923 bits per heavy atom. The van der Waals surface area contributed by atoms with Crippen molar-refractivity contribution < 1.29 is 9.53 Å². The van der Waals surface area contributed by atoms with Crippen molar-refractivity contribution in [3.8, 4) is 5.75 Å². The average molecular weight is 344 g/mol. The van der Waals surface area contributed by atoms with Gasteiger partial charge in [-0.3, -0.25) is 4.79 Å². The first kappa shape index (κ1) is 16.2. The van der Waals surface area contributed by atoms with E-state index in [2.05, 4.69) is 5.32 Å². The van der Waals surface area contributed by atoms with E-state index in [4.69, 9.17) is 10.5 Å². The van der Waals surface area contributed by atoms with Gasteiger partial charge >= 0.3 is 0 Å². The number of aryl methyl sites for hydroxylation is 2. The number of nitrogens with one attached hydrogen (secondary N) is 1. The number of ether oxygens (including phenoxy) is 1. The maximum atomic E-state index is 13.0. The third kappa shape index (κ3) is 2.90. The molecular formula is C22H20N2O2. The summed E-state index contributed by atoms with van der Waals surface area (Å²) in [7, 11) is 1.62. The van der Waals surface area contributed by atoms with E-state index in [0.29, 0.717) is 11.4 Å². The SMILES string of the molecule is COc1ccc2c(c1)C(=O)c1ccc(Nc3ccccc3N)cc1CC2. The lowest BCUT2D eigenvalue weighted by Crippen LogP contribution is -2.05. The minimum atomic E-state index is 0.0529. The normalized spacial score (nSPS) is 12.7. The minimum absolute atomic E-state index is 0.0529. The smallest absolute Gasteiger partial charge is 0.193 e. The highest BCUT2D eigenvalue weighted by Gasteiger charge is 2.22. The van der Waals surface area contributed by atoms with Crippen molar-refractivity contribution in [3.05, 3.63) is 82.9 Å². The van der Waals surface area contributed by atoms with Crippen molar-refractivity contribution in [1.82, 2.24) is 0 Å². The van der Waals surface area contributed by atoms with Crippen molar-refractivity contribution in [3.63, 3.8) is 0 Å². The van der Waals surface area contributed by atoms with Crippen molar-refractivity contribution in [2.75, 3.05) is 18.2 Å². The highest BCUT2D eigenvalue weighted by atomic mass is 16.5. The molecule has 0 amide bonds. The molecule has 0 spiro atoms. The molecule has 0 unspecified atom stereocenters. The Kier molecular flexibility index (Phi) is 4.09. The van der Waals surface area contributed by atoms with Gasteiger partial charge in [-0.2, -0.15) is 0 Å². The highest BCUT2D eigenvalue weighted by Crippen LogP contribution is 2.30. The summed E-state index contributed by atoms with van der Waals surface area (Å²) >= 11 is 0. The van der Waals surface area contributed by atoms with Gasteiger partial charge in [0.05, 0.1) is 18.5 Å². The Balaban J connectivity index is 1.69. The van der Waals surface area contributed by atoms with Crippen LogP contribution in [0.15, 0.2) is 60.7 Å². The average Bonchev–Trinajstić information content (AvgIpc) is 2.80. The Morgan fingerprint density at radius 3 is 2.54 bits per heavy atom. The second kappa shape index (κ2) is 6.56. The van der Waals surface area contributed by atoms with Crippen molar-refractivity contribution in [2.45, 2.75) is 12.8 Å². The summed E-state index contributed by atoms with van der Waals surface area (Å²) in [4.78, 5) is 13.0. The standard InChI is InChI=1S/C22H20N2O2/c1-26-17-10-8-14-6-7-15-12-16(24-21-5-3-2-4-20(21)23)9-11-18(15)22(25)19(14)13-17/h2-5,8-13,24H,6-7,23H2,1H3. The first-order valence-corrected chi connectivity index (χ1v) is 8.62. The molecule has 3 N–H and O–H groups in total. The van der Waals surface area contributed by atoms with Gasteiger partial charge in [0.2, 0.25) is 0 Å². The molecular weight excluding hydrogens is 324 g/mol. The van der Waals surface area contributed by atoms with Gasteiger partial charge in [0.15, 0.2) is 5.78 Å². The zero-order valence-electron chi connectivity index (χ0n) is 14.6. The Hall–Kier alpha value is -3.27. The van der Waals surface area contributed by atoms with E-state index in [1.165, 1.54) is 0 Å². The summed E-state index contributed by atoms with van der Waals surface area (Å²) in [6.45, 7) is 0. The van der Waals surface area contributed by atoms with Crippen molar-refractivity contribution in [2.24, 2.45) is 0 Å². The van der Waals surface area contributed by atoms with Gasteiger partial charge in [-0.15, -0.1) is 0 Å². The van der Waals surface area contributed by atoms with Gasteiger partial charge in [0.25, 0.3) is 0 Å². The Bertz CT molecular complexity index is 995. The second-order valence-electron chi connectivity index (χ2n) is 6.44. The molecule has 1 aliphatic rings. The van der Waals surface area contributed by atoms with Gasteiger partial charge in [-0.1, -0.05) is 18.2 Å². The van der Waals surface area contributed by atoms with Crippen LogP contribution in [-0.2, 0) is 12.8 Å². The number of benzene rings is 3. The zero-order valence-corrected chi connectivity index (χ0v) is 14.6. The fourth-order valence-corrected chi connectivity index (χ4v) is 3.39. The molecule has 3 aromatic rings. The number of hydrogen-bond donors (Lipinski definition) is 2. The molecule has 4 rings (SSSR count). The van der Waals surface area contributed by atoms with E-state index in [-0.39, 0.29) is 5.78 Å². The molecule has 0 aliphatic heterocycles. The molecule has 0 heterocycles. The molecule has 4 nitrogen and oxygen atoms in total. The van der Waals surface area contributed by atoms with E-state index in [1.54, 1.807) is 7.11 Å². The van der Waals surface area contributed by atoms with E-state index in [1.807, 2.05) is 60.7 Å². The van der Waals surface area contributed by atoms with Gasteiger partial charge in [0.1, 0.15) is 5.75 Å². The lowest BCUT2D eigenvalue weighted by molar-refractivity contribution is 0.103. The first-order valence-electron chi connectivity index (χ1n) is 8.62. The second-order valence-corrected chi connectivity index (χ2v) is 6.44. The topological polar surface area (TPSA) is 64.3 Å². The summed E-state index contributed by atoms with van der Waals surface area (Å²) < 4.78 is 5.28. The summed E-state index contributed by atoms with van der Waals surface area (Å²) in [6, 6.07) is 19.2. The van der Waals surface area contributed by atoms with E-state index >= 15 is 0 Å². The molecule has 4 heteroatoms. The lowest BCUT2D eigenvalue weighted by atomic mass is 9.98. The minimum Gasteiger partial charge on any atom is -0.497 e. The quantitative estimate of drug-likeness (QED) is 0.693. The third-order valence-electron chi connectivity index (χ3n) is 4.82. The van der Waals surface area contributed by atoms with Crippen LogP contribution in [0.25, 0.3) is 0 Å². The van der Waals surface area contributed by atoms with Crippen LogP contribution < -0.4 is 15.8 Å². The molecule has 0 aromatic heterocycles. The lowest BCUT2D eigenvalue weighted by Gasteiger charge is -2.12. The number of hydrogen-bond acceptors (Lipinski definition) is 4. The predicted octanol–water partition coefficient (Wildman–Crippen LogP) is 4.35. The zero-order chi connectivity index (χ0) is 18.1. The Morgan fingerprint density at radius 2 is 1.73 bits per heavy atom. The molecule has 130 valence electrons. The summed E-state index contributed by atoms with van der Waals surface area (Å²) in [6.07, 6.45) is 1.65. The number of ketones is 1. The third-order valence-corrected chi connectivity index (χ3v) is 4.82. The van der Waals surface area contributed by atoms with Crippen LogP contribution in [0.1, 0.15) is 27.0 Å². The predicted molar refractivity (Wildman–Crippen MR) is 104 cm³/mol. The molecule has 0 fully saturated rings. The summed E-state index contributed by atoms with van der Waals surface area (Å²) in [5, 5.41) is 3.34. The van der Waals surface area contributed by atoms with Gasteiger partial charge in [-0.25, -0.2) is 0 Å². The fraction of sp³-hybridized carbons (Fsp3) is 0.136. The summed E-state index contributed by atoms with van der Waals surface area (Å²) in [5.74, 6) is 0.760. The van der Waals surface area contributed by atoms with Crippen LogP contribution in [0.5, 0.6) is 5.75 Å². The molecule has 0 radical (unpaired) electrons. The van der Waals surface area contributed by atoms with Crippen LogP contribution in [0.2, 0.25) is 0 Å². The van der Waals surface area contributed by atoms with Crippen LogP contribution in [0.4, 0.5) is 17.1 Å². The van der Waals surface area contributed by atoms with E-state index < -0.39 is 0 Å². The van der Waals surface area contributed by atoms with Crippen LogP contribution >= 0.6 is 0 Å². The number of fused-ring (bicyclic) bond motifs is 2. The number of nitrogens with two attached hydrogens (primary N) is 1. The largest absolute Gasteiger partial charge is 0.497 e. The molecule has 1 aliphatic carbocycles. The Labute approximate surface area is 152 Å². The molecule has 0 atom stereocenters. The number of nitrogen functional groups attached to an aromatic ring is 1. The van der Waals surface area contributed by atoms with Crippen LogP contribution in [0, 0.1) is 0 Å². The molecule has 0 saturated carbocycles. The number of carbonyl (C=O) groups excluding carboxylic acids is 1. The highest BCUT2D eigenvalue weighted by molar-refractivity contribution is 6.11. The van der Waals surface area contributed by atoms with Gasteiger partial charge in [-0.05, 0) is 66.4 Å². The van der Waals surface area contributed by atoms with Crippen LogP contribution in [0.3, 0.4) is 0 Å². The summed E-state index contributed by atoms with van der Waals surface area (Å²) in [5.41, 5.74) is 12.1. The maximum Gasteiger partial charge on any atom is 0.193 e. The molecule has 3 aromatic carbocycles. The van der Waals surface area contributed by atoms with Crippen LogP contribution in [-0.4, -0.2) is 12.9 Å². The fourth-order valence-electron chi connectivity index (χ4n) is 3.39. The number of carbonyl (C=O) groups is 1. The van der Waals surface area contributed by atoms with E-state index in [9.17, 15) is 4.79 Å². The number of anilines is 3. The molecule has 0 saturated heterocycles. The maximum absolute atomic E-state index is 13.0. The van der Waals surface area contributed by atoms with Gasteiger partial charge in [0, 0.05) is 16.8 Å². The van der Waals surface area contributed by atoms with Crippen molar-refractivity contribution >= 4 is 22.8 Å². The molecule has 26 heavy (non-hydrogen) atoms.